The number of ether oxygens (including phenoxy) is 2. The van der Waals surface area contributed by atoms with E-state index in [1.165, 1.54) is 0 Å². The SMILES string of the molecule is CCN1CC([C@](C)(O)c2ccc(N3C(=O)Cc4cc(OC)c(OC(C)C)cc4C3c3ccc(Cl)cc3)cc2)C1. The zero-order chi connectivity index (χ0) is 27.9. The highest BCUT2D eigenvalue weighted by atomic mass is 35.5. The molecular formula is C32H37ClN2O4. The van der Waals surface area contributed by atoms with Crippen LogP contribution in [0.3, 0.4) is 0 Å². The van der Waals surface area contributed by atoms with Gasteiger partial charge in [0.05, 0.1) is 31.3 Å². The number of carbonyl (C=O) groups excluding carboxylic acids is 1. The molecule has 6 nitrogen and oxygen atoms in total. The average molecular weight is 549 g/mol. The summed E-state index contributed by atoms with van der Waals surface area (Å²) in [6.07, 6.45) is 0.208. The van der Waals surface area contributed by atoms with Crippen LogP contribution in [0, 0.1) is 5.92 Å². The van der Waals surface area contributed by atoms with E-state index in [1.807, 2.05) is 86.3 Å². The van der Waals surface area contributed by atoms with Crippen LogP contribution in [0.2, 0.25) is 5.02 Å². The van der Waals surface area contributed by atoms with Gasteiger partial charge >= 0.3 is 0 Å². The Morgan fingerprint density at radius 1 is 1.05 bits per heavy atom. The van der Waals surface area contributed by atoms with Gasteiger partial charge in [-0.15, -0.1) is 0 Å². The van der Waals surface area contributed by atoms with Crippen molar-refractivity contribution in [2.24, 2.45) is 5.92 Å². The minimum Gasteiger partial charge on any atom is -0.493 e. The van der Waals surface area contributed by atoms with Gasteiger partial charge in [0.15, 0.2) is 11.5 Å². The fourth-order valence-corrected chi connectivity index (χ4v) is 5.83. The molecule has 0 bridgehead atoms. The number of aliphatic hydroxyl groups is 1. The molecule has 0 radical (unpaired) electrons. The summed E-state index contributed by atoms with van der Waals surface area (Å²) in [6, 6.07) is 19.0. The second-order valence-electron chi connectivity index (χ2n) is 11.0. The molecule has 2 atom stereocenters. The predicted octanol–water partition coefficient (Wildman–Crippen LogP) is 5.97. The molecule has 2 aliphatic rings. The summed E-state index contributed by atoms with van der Waals surface area (Å²) in [4.78, 5) is 17.9. The first-order valence-corrected chi connectivity index (χ1v) is 14.0. The second kappa shape index (κ2) is 10.8. The van der Waals surface area contributed by atoms with Crippen molar-refractivity contribution >= 4 is 23.2 Å². The Hall–Kier alpha value is -3.06. The number of halogens is 1. The van der Waals surface area contributed by atoms with Gasteiger partial charge in [-0.3, -0.25) is 4.79 Å². The van der Waals surface area contributed by atoms with Gasteiger partial charge in [0.25, 0.3) is 0 Å². The van der Waals surface area contributed by atoms with Crippen LogP contribution in [0.25, 0.3) is 0 Å². The number of hydrogen-bond donors (Lipinski definition) is 1. The van der Waals surface area contributed by atoms with Crippen molar-refractivity contribution in [3.05, 3.63) is 87.9 Å². The molecule has 0 spiro atoms. The minimum absolute atomic E-state index is 0.0147. The summed E-state index contributed by atoms with van der Waals surface area (Å²) in [5.41, 5.74) is 3.54. The van der Waals surface area contributed by atoms with Crippen LogP contribution < -0.4 is 14.4 Å². The van der Waals surface area contributed by atoms with Crippen molar-refractivity contribution in [1.82, 2.24) is 4.90 Å². The summed E-state index contributed by atoms with van der Waals surface area (Å²) < 4.78 is 11.7. The Morgan fingerprint density at radius 3 is 2.31 bits per heavy atom. The molecule has 5 rings (SSSR count). The van der Waals surface area contributed by atoms with E-state index in [-0.39, 0.29) is 30.4 Å². The molecule has 2 aliphatic heterocycles. The molecule has 0 aliphatic carbocycles. The maximum atomic E-state index is 13.8. The van der Waals surface area contributed by atoms with Gasteiger partial charge in [-0.1, -0.05) is 42.8 Å². The minimum atomic E-state index is -0.933. The number of nitrogens with zero attached hydrogens (tertiary/aromatic N) is 2. The molecule has 206 valence electrons. The maximum absolute atomic E-state index is 13.8. The first-order chi connectivity index (χ1) is 18.6. The molecular weight excluding hydrogens is 512 g/mol. The highest BCUT2D eigenvalue weighted by Crippen LogP contribution is 2.44. The van der Waals surface area contributed by atoms with Gasteiger partial charge in [-0.05, 0) is 86.0 Å². The lowest BCUT2D eigenvalue weighted by atomic mass is 9.78. The van der Waals surface area contributed by atoms with Crippen LogP contribution in [0.1, 0.15) is 56.0 Å². The highest BCUT2D eigenvalue weighted by molar-refractivity contribution is 6.30. The summed E-state index contributed by atoms with van der Waals surface area (Å²) in [5.74, 6) is 1.43. The molecule has 1 N–H and O–H groups in total. The fourth-order valence-electron chi connectivity index (χ4n) is 5.71. The van der Waals surface area contributed by atoms with E-state index >= 15 is 0 Å². The Morgan fingerprint density at radius 2 is 1.72 bits per heavy atom. The van der Waals surface area contributed by atoms with E-state index in [1.54, 1.807) is 7.11 Å². The first-order valence-electron chi connectivity index (χ1n) is 13.6. The van der Waals surface area contributed by atoms with Crippen LogP contribution in [0.4, 0.5) is 5.69 Å². The molecule has 1 unspecified atom stereocenters. The third kappa shape index (κ3) is 5.25. The van der Waals surface area contributed by atoms with Crippen LogP contribution in [0.15, 0.2) is 60.7 Å². The molecule has 3 aromatic rings. The molecule has 7 heteroatoms. The van der Waals surface area contributed by atoms with Crippen molar-refractivity contribution < 1.29 is 19.4 Å². The predicted molar refractivity (Wildman–Crippen MR) is 155 cm³/mol. The lowest BCUT2D eigenvalue weighted by Crippen LogP contribution is -2.55. The van der Waals surface area contributed by atoms with Crippen LogP contribution in [-0.4, -0.2) is 48.8 Å². The number of fused-ring (bicyclic) bond motifs is 1. The van der Waals surface area contributed by atoms with E-state index < -0.39 is 5.60 Å². The fraction of sp³-hybridized carbons (Fsp3) is 0.406. The van der Waals surface area contributed by atoms with Gasteiger partial charge in [0, 0.05) is 29.7 Å². The van der Waals surface area contributed by atoms with Crippen molar-refractivity contribution in [2.45, 2.75) is 51.9 Å². The Bertz CT molecular complexity index is 1330. The van der Waals surface area contributed by atoms with Gasteiger partial charge in [-0.25, -0.2) is 0 Å². The summed E-state index contributed by atoms with van der Waals surface area (Å²) in [7, 11) is 1.61. The third-order valence-corrected chi connectivity index (χ3v) is 8.32. The van der Waals surface area contributed by atoms with Gasteiger partial charge in [-0.2, -0.15) is 0 Å². The summed E-state index contributed by atoms with van der Waals surface area (Å²) >= 11 is 6.23. The van der Waals surface area contributed by atoms with Crippen LogP contribution in [0.5, 0.6) is 11.5 Å². The Kier molecular flexibility index (Phi) is 7.64. The van der Waals surface area contributed by atoms with Crippen LogP contribution in [-0.2, 0) is 16.8 Å². The summed E-state index contributed by atoms with van der Waals surface area (Å²) in [5, 5.41) is 12.0. The van der Waals surface area contributed by atoms with Crippen molar-refractivity contribution in [2.75, 3.05) is 31.6 Å². The van der Waals surface area contributed by atoms with E-state index in [4.69, 9.17) is 21.1 Å². The van der Waals surface area contributed by atoms with Crippen molar-refractivity contribution in [3.63, 3.8) is 0 Å². The lowest BCUT2D eigenvalue weighted by molar-refractivity contribution is -0.118. The van der Waals surface area contributed by atoms with Crippen LogP contribution >= 0.6 is 11.6 Å². The molecule has 0 saturated carbocycles. The lowest BCUT2D eigenvalue weighted by Gasteiger charge is -2.46. The molecule has 1 fully saturated rings. The smallest absolute Gasteiger partial charge is 0.232 e. The number of hydrogen-bond acceptors (Lipinski definition) is 5. The number of anilines is 1. The molecule has 1 saturated heterocycles. The standard InChI is InChI=1S/C32H37ClN2O4/c1-6-34-18-24(19-34)32(4,37)23-9-13-26(14-10-23)35-30(36)16-22-15-28(38-5)29(39-20(2)3)17-27(22)31(35)21-7-11-25(33)12-8-21/h7-15,17,20,24,31,37H,6,16,18-19H2,1-5H3/t31?,32-/m1/s1. The van der Waals surface area contributed by atoms with Gasteiger partial charge in [0.1, 0.15) is 0 Å². The monoisotopic (exact) mass is 548 g/mol. The van der Waals surface area contributed by atoms with E-state index in [2.05, 4.69) is 11.8 Å². The zero-order valence-corrected chi connectivity index (χ0v) is 24.0. The van der Waals surface area contributed by atoms with Crippen molar-refractivity contribution in [3.8, 4) is 11.5 Å². The molecule has 39 heavy (non-hydrogen) atoms. The van der Waals surface area contributed by atoms with E-state index in [0.29, 0.717) is 16.5 Å². The topological polar surface area (TPSA) is 62.2 Å². The Labute approximate surface area is 236 Å². The number of carbonyl (C=O) groups is 1. The quantitative estimate of drug-likeness (QED) is 0.375. The number of methoxy groups -OCH3 is 1. The number of amides is 1. The van der Waals surface area contributed by atoms with Gasteiger partial charge < -0.3 is 24.4 Å². The maximum Gasteiger partial charge on any atom is 0.232 e. The van der Waals surface area contributed by atoms with Crippen molar-refractivity contribution in [1.29, 1.82) is 0 Å². The molecule has 1 amide bonds. The molecule has 3 aromatic carbocycles. The number of likely N-dealkylation sites (tertiary alicyclic amines) is 1. The normalized spacial score (nSPS) is 19.4. The number of rotatable bonds is 8. The van der Waals surface area contributed by atoms with E-state index in [9.17, 15) is 9.90 Å². The second-order valence-corrected chi connectivity index (χ2v) is 11.4. The highest BCUT2D eigenvalue weighted by Gasteiger charge is 2.41. The zero-order valence-electron chi connectivity index (χ0n) is 23.3. The van der Waals surface area contributed by atoms with E-state index in [0.717, 1.165) is 47.6 Å². The van der Waals surface area contributed by atoms with Gasteiger partial charge in [0.2, 0.25) is 5.91 Å². The first kappa shape index (κ1) is 27.5. The summed E-state index contributed by atoms with van der Waals surface area (Å²) in [6.45, 7) is 10.7. The Balaban J connectivity index is 1.56. The third-order valence-electron chi connectivity index (χ3n) is 8.07. The molecule has 0 aromatic heterocycles. The number of benzene rings is 3. The average Bonchev–Trinajstić information content (AvgIpc) is 2.87. The largest absolute Gasteiger partial charge is 0.493 e. The molecule has 2 heterocycles.